The van der Waals surface area contributed by atoms with Gasteiger partial charge in [-0.2, -0.15) is 0 Å². The number of hydrogen-bond acceptors (Lipinski definition) is 8. The molecule has 3 amide bonds. The van der Waals surface area contributed by atoms with Crippen LogP contribution >= 0.6 is 11.3 Å². The second-order valence-corrected chi connectivity index (χ2v) is 11.9. The average Bonchev–Trinajstić information content (AvgIpc) is 3.52. The van der Waals surface area contributed by atoms with Crippen molar-refractivity contribution in [1.82, 2.24) is 20.5 Å². The molecule has 0 spiro atoms. The lowest BCUT2D eigenvalue weighted by Crippen LogP contribution is -2.57. The van der Waals surface area contributed by atoms with E-state index in [-0.39, 0.29) is 30.8 Å². The second-order valence-electron chi connectivity index (χ2n) is 11.1. The smallest absolute Gasteiger partial charge is 0.252 e. The van der Waals surface area contributed by atoms with E-state index in [1.165, 1.54) is 17.0 Å². The zero-order valence-corrected chi connectivity index (χ0v) is 23.7. The average molecular weight is 567 g/mol. The van der Waals surface area contributed by atoms with Crippen molar-refractivity contribution in [2.24, 2.45) is 5.41 Å². The highest BCUT2D eigenvalue weighted by molar-refractivity contribution is 7.13. The quantitative estimate of drug-likeness (QED) is 0.276. The van der Waals surface area contributed by atoms with Gasteiger partial charge in [-0.15, -0.1) is 11.3 Å². The largest absolute Gasteiger partial charge is 0.504 e. The van der Waals surface area contributed by atoms with Gasteiger partial charge in [0.15, 0.2) is 11.5 Å². The number of carbonyl (C=O) groups excluding carboxylic acids is 3. The van der Waals surface area contributed by atoms with Crippen LogP contribution in [0.25, 0.3) is 10.4 Å². The molecule has 2 aromatic carbocycles. The number of β-amino-alcohol motifs (C(OH)–C–C–N with tert-alkyl or cyclic N) is 1. The molecule has 3 aromatic rings. The maximum atomic E-state index is 13.7. The van der Waals surface area contributed by atoms with Gasteiger partial charge in [0, 0.05) is 25.1 Å². The Labute approximate surface area is 236 Å². The van der Waals surface area contributed by atoms with E-state index in [0.717, 1.165) is 27.8 Å². The molecule has 3 atom stereocenters. The van der Waals surface area contributed by atoms with Gasteiger partial charge < -0.3 is 30.9 Å². The summed E-state index contributed by atoms with van der Waals surface area (Å²) in [6.07, 6.45) is -0.801. The van der Waals surface area contributed by atoms with Crippen molar-refractivity contribution < 1.29 is 29.7 Å². The summed E-state index contributed by atoms with van der Waals surface area (Å²) < 4.78 is 0. The third-order valence-electron chi connectivity index (χ3n) is 6.92. The molecule has 212 valence electrons. The number of phenols is 2. The maximum absolute atomic E-state index is 13.7. The van der Waals surface area contributed by atoms with Crippen LogP contribution in [0.2, 0.25) is 0 Å². The first kappa shape index (κ1) is 29.0. The number of aromatic nitrogens is 1. The number of aliphatic hydroxyl groups is 1. The molecule has 1 aliphatic heterocycles. The summed E-state index contributed by atoms with van der Waals surface area (Å²) in [5.74, 6) is -2.34. The Balaban J connectivity index is 1.45. The van der Waals surface area contributed by atoms with Gasteiger partial charge in [0.05, 0.1) is 22.2 Å². The minimum atomic E-state index is -1.03. The van der Waals surface area contributed by atoms with Crippen LogP contribution in [0.15, 0.2) is 48.0 Å². The number of likely N-dealkylation sites (tertiary alicyclic amines) is 1. The summed E-state index contributed by atoms with van der Waals surface area (Å²) in [5, 5.41) is 35.3. The SMILES string of the molecule is Cc1ncsc1-c1ccc(CNC(=O)C2CC(O)CN2C(=O)[C@@H](NC(=O)c2ccc(O)c(O)c2)C(C)(C)C)cc1. The van der Waals surface area contributed by atoms with E-state index < -0.39 is 47.1 Å². The van der Waals surface area contributed by atoms with E-state index in [1.54, 1.807) is 37.6 Å². The molecule has 1 aromatic heterocycles. The summed E-state index contributed by atoms with van der Waals surface area (Å²) >= 11 is 1.56. The van der Waals surface area contributed by atoms with E-state index in [2.05, 4.69) is 15.6 Å². The molecule has 1 aliphatic rings. The monoisotopic (exact) mass is 566 g/mol. The number of nitrogens with one attached hydrogen (secondary N) is 2. The molecule has 5 N–H and O–H groups in total. The van der Waals surface area contributed by atoms with Crippen LogP contribution in [0.5, 0.6) is 11.5 Å². The van der Waals surface area contributed by atoms with Crippen LogP contribution in [0, 0.1) is 12.3 Å². The van der Waals surface area contributed by atoms with Crippen LogP contribution in [0.1, 0.15) is 48.8 Å². The van der Waals surface area contributed by atoms with Crippen molar-refractivity contribution in [2.75, 3.05) is 6.54 Å². The Morgan fingerprint density at radius 1 is 1.10 bits per heavy atom. The van der Waals surface area contributed by atoms with Crippen LogP contribution in [-0.4, -0.2) is 67.7 Å². The number of benzene rings is 2. The van der Waals surface area contributed by atoms with Crippen molar-refractivity contribution >= 4 is 29.1 Å². The Morgan fingerprint density at radius 3 is 2.40 bits per heavy atom. The number of phenolic OH excluding ortho intramolecular Hbond substituents is 2. The zero-order valence-electron chi connectivity index (χ0n) is 22.8. The molecular weight excluding hydrogens is 532 g/mol. The van der Waals surface area contributed by atoms with Gasteiger partial charge in [-0.1, -0.05) is 45.0 Å². The van der Waals surface area contributed by atoms with Gasteiger partial charge >= 0.3 is 0 Å². The number of aliphatic hydroxyl groups excluding tert-OH is 1. The molecule has 4 rings (SSSR count). The first-order chi connectivity index (χ1) is 18.8. The summed E-state index contributed by atoms with van der Waals surface area (Å²) in [7, 11) is 0. The van der Waals surface area contributed by atoms with Crippen molar-refractivity contribution in [3.63, 3.8) is 0 Å². The van der Waals surface area contributed by atoms with E-state index in [0.29, 0.717) is 0 Å². The lowest BCUT2D eigenvalue weighted by atomic mass is 9.85. The minimum Gasteiger partial charge on any atom is -0.504 e. The topological polar surface area (TPSA) is 152 Å². The lowest BCUT2D eigenvalue weighted by Gasteiger charge is -2.35. The minimum absolute atomic E-state index is 0.0394. The fourth-order valence-electron chi connectivity index (χ4n) is 4.66. The number of rotatable bonds is 7. The standard InChI is InChI=1S/C29H34N4O6S/c1-16-24(40-15-31-16)18-7-5-17(6-8-18)13-30-27(38)21-12-20(34)14-33(21)28(39)25(29(2,3)4)32-26(37)19-9-10-22(35)23(36)11-19/h5-11,15,20-21,25,34-36H,12-14H2,1-4H3,(H,30,38)(H,32,37)/t20?,21?,25-/m1/s1. The fraction of sp³-hybridized carbons (Fsp3) is 0.379. The van der Waals surface area contributed by atoms with Crippen LogP contribution in [0.4, 0.5) is 0 Å². The molecule has 0 radical (unpaired) electrons. The molecule has 10 nitrogen and oxygen atoms in total. The number of thiazole rings is 1. The summed E-state index contributed by atoms with van der Waals surface area (Å²) in [6.45, 7) is 7.51. The predicted octanol–water partition coefficient (Wildman–Crippen LogP) is 2.95. The molecule has 2 heterocycles. The number of amides is 3. The van der Waals surface area contributed by atoms with E-state index in [4.69, 9.17) is 0 Å². The van der Waals surface area contributed by atoms with Gasteiger partial charge in [-0.05, 0) is 41.7 Å². The van der Waals surface area contributed by atoms with Crippen molar-refractivity contribution in [1.29, 1.82) is 0 Å². The number of nitrogens with zero attached hydrogens (tertiary/aromatic N) is 2. The Hall–Kier alpha value is -3.96. The Bertz CT molecular complexity index is 1400. The first-order valence-corrected chi connectivity index (χ1v) is 13.8. The number of aromatic hydroxyl groups is 2. The second kappa shape index (κ2) is 11.6. The fourth-order valence-corrected chi connectivity index (χ4v) is 5.47. The summed E-state index contributed by atoms with van der Waals surface area (Å²) in [5.41, 5.74) is 4.01. The molecule has 0 aliphatic carbocycles. The molecule has 40 heavy (non-hydrogen) atoms. The highest BCUT2D eigenvalue weighted by Crippen LogP contribution is 2.29. The van der Waals surface area contributed by atoms with Gasteiger partial charge in [-0.25, -0.2) is 4.98 Å². The van der Waals surface area contributed by atoms with Gasteiger partial charge in [-0.3, -0.25) is 14.4 Å². The Kier molecular flexibility index (Phi) is 8.45. The van der Waals surface area contributed by atoms with Gasteiger partial charge in [0.25, 0.3) is 5.91 Å². The molecule has 0 saturated carbocycles. The third-order valence-corrected chi connectivity index (χ3v) is 7.90. The molecule has 0 bridgehead atoms. The molecule has 11 heteroatoms. The van der Waals surface area contributed by atoms with Crippen LogP contribution in [-0.2, 0) is 16.1 Å². The first-order valence-electron chi connectivity index (χ1n) is 12.9. The van der Waals surface area contributed by atoms with E-state index in [1.807, 2.05) is 31.2 Å². The third kappa shape index (κ3) is 6.43. The van der Waals surface area contributed by atoms with Crippen LogP contribution in [0.3, 0.4) is 0 Å². The number of hydrogen-bond donors (Lipinski definition) is 5. The molecule has 2 unspecified atom stereocenters. The van der Waals surface area contributed by atoms with Crippen LogP contribution < -0.4 is 10.6 Å². The lowest BCUT2D eigenvalue weighted by molar-refractivity contribution is -0.142. The van der Waals surface area contributed by atoms with Crippen molar-refractivity contribution in [2.45, 2.75) is 58.8 Å². The highest BCUT2D eigenvalue weighted by Gasteiger charge is 2.44. The van der Waals surface area contributed by atoms with Crippen molar-refractivity contribution in [3.05, 3.63) is 64.8 Å². The van der Waals surface area contributed by atoms with Gasteiger partial charge in [0.1, 0.15) is 12.1 Å². The Morgan fingerprint density at radius 2 is 1.80 bits per heavy atom. The van der Waals surface area contributed by atoms with Gasteiger partial charge in [0.2, 0.25) is 11.8 Å². The summed E-state index contributed by atoms with van der Waals surface area (Å²) in [6, 6.07) is 9.49. The molecular formula is C29H34N4O6S. The van der Waals surface area contributed by atoms with E-state index in [9.17, 15) is 29.7 Å². The van der Waals surface area contributed by atoms with E-state index >= 15 is 0 Å². The molecule has 1 fully saturated rings. The highest BCUT2D eigenvalue weighted by atomic mass is 32.1. The predicted molar refractivity (Wildman–Crippen MR) is 151 cm³/mol. The normalized spacial score (nSPS) is 17.9. The number of aryl methyl sites for hydroxylation is 1. The zero-order chi connectivity index (χ0) is 29.2. The molecule has 1 saturated heterocycles. The van der Waals surface area contributed by atoms with Crippen molar-refractivity contribution in [3.8, 4) is 21.9 Å². The maximum Gasteiger partial charge on any atom is 0.252 e. The summed E-state index contributed by atoms with van der Waals surface area (Å²) in [4.78, 5) is 46.5. The number of carbonyl (C=O) groups is 3.